The molecule has 3 unspecified atom stereocenters. The van der Waals surface area contributed by atoms with Gasteiger partial charge in [-0.05, 0) is 37.5 Å². The van der Waals surface area contributed by atoms with Gasteiger partial charge in [0.25, 0.3) is 5.91 Å². The highest BCUT2D eigenvalue weighted by molar-refractivity contribution is 6.01. The van der Waals surface area contributed by atoms with E-state index >= 15 is 0 Å². The zero-order valence-electron chi connectivity index (χ0n) is 16.3. The fourth-order valence-corrected chi connectivity index (χ4v) is 3.96. The van der Waals surface area contributed by atoms with E-state index in [0.717, 1.165) is 17.4 Å². The minimum absolute atomic E-state index is 0.0376. The topological polar surface area (TPSA) is 60.2 Å². The van der Waals surface area contributed by atoms with Gasteiger partial charge in [-0.3, -0.25) is 10.2 Å². The molecule has 0 radical (unpaired) electrons. The number of aromatic amines is 1. The van der Waals surface area contributed by atoms with Crippen molar-refractivity contribution in [3.8, 4) is 0 Å². The van der Waals surface area contributed by atoms with Crippen molar-refractivity contribution in [1.82, 2.24) is 20.7 Å². The highest BCUT2D eigenvalue weighted by Crippen LogP contribution is 2.27. The lowest BCUT2D eigenvalue weighted by atomic mass is 9.98. The van der Waals surface area contributed by atoms with Crippen LogP contribution in [0.3, 0.4) is 0 Å². The van der Waals surface area contributed by atoms with Crippen molar-refractivity contribution in [2.75, 3.05) is 7.05 Å². The summed E-state index contributed by atoms with van der Waals surface area (Å²) >= 11 is 0. The summed E-state index contributed by atoms with van der Waals surface area (Å²) in [5.74, 6) is -0.478. The number of likely N-dealkylation sites (N-methyl/N-ethyl adjacent to an activating group) is 1. The first-order valence-corrected chi connectivity index (χ1v) is 9.57. The van der Waals surface area contributed by atoms with Crippen molar-refractivity contribution < 1.29 is 9.18 Å². The average Bonchev–Trinajstić information content (AvgIpc) is 3.33. The molecule has 1 aliphatic heterocycles. The second kappa shape index (κ2) is 7.37. The van der Waals surface area contributed by atoms with Crippen LogP contribution in [-0.2, 0) is 0 Å². The van der Waals surface area contributed by atoms with Crippen LogP contribution in [0.25, 0.3) is 10.9 Å². The van der Waals surface area contributed by atoms with Gasteiger partial charge >= 0.3 is 0 Å². The normalized spacial score (nSPS) is 20.4. The summed E-state index contributed by atoms with van der Waals surface area (Å²) in [4.78, 5) is 17.8. The molecule has 146 valence electrons. The molecule has 3 atom stereocenters. The maximum atomic E-state index is 14.1. The van der Waals surface area contributed by atoms with E-state index in [4.69, 9.17) is 0 Å². The number of fused-ring (bicyclic) bond motifs is 1. The van der Waals surface area contributed by atoms with Gasteiger partial charge in [-0.25, -0.2) is 9.82 Å². The van der Waals surface area contributed by atoms with Crippen LogP contribution >= 0.6 is 0 Å². The highest BCUT2D eigenvalue weighted by atomic mass is 19.1. The number of rotatable bonds is 4. The minimum Gasteiger partial charge on any atom is -0.348 e. The summed E-state index contributed by atoms with van der Waals surface area (Å²) in [7, 11) is 1.80. The Kier molecular flexibility index (Phi) is 4.91. The second-order valence-electron chi connectivity index (χ2n) is 7.54. The van der Waals surface area contributed by atoms with Crippen LogP contribution in [0.15, 0.2) is 48.5 Å². The number of hydrazine groups is 1. The number of hydrogen-bond donors (Lipinski definition) is 3. The van der Waals surface area contributed by atoms with Gasteiger partial charge in [0.2, 0.25) is 0 Å². The zero-order valence-corrected chi connectivity index (χ0v) is 16.3. The van der Waals surface area contributed by atoms with Crippen molar-refractivity contribution in [3.63, 3.8) is 0 Å². The molecule has 4 rings (SSSR count). The number of nitrogens with zero attached hydrogens (tertiary/aromatic N) is 1. The fourth-order valence-electron chi connectivity index (χ4n) is 3.96. The number of benzene rings is 2. The quantitative estimate of drug-likeness (QED) is 0.647. The molecule has 28 heavy (non-hydrogen) atoms. The molecule has 1 saturated heterocycles. The highest BCUT2D eigenvalue weighted by Gasteiger charge is 2.33. The fraction of sp³-hybridized carbons (Fsp3) is 0.318. The van der Waals surface area contributed by atoms with Gasteiger partial charge in [-0.2, -0.15) is 0 Å². The van der Waals surface area contributed by atoms with Crippen LogP contribution in [0.2, 0.25) is 0 Å². The molecule has 0 spiro atoms. The van der Waals surface area contributed by atoms with Gasteiger partial charge in [0.05, 0.1) is 5.52 Å². The summed E-state index contributed by atoms with van der Waals surface area (Å²) in [5, 5.41) is 0.745. The van der Waals surface area contributed by atoms with Crippen LogP contribution in [-0.4, -0.2) is 34.9 Å². The molecule has 3 aromatic rings. The van der Waals surface area contributed by atoms with Crippen LogP contribution in [0.5, 0.6) is 0 Å². The predicted octanol–water partition coefficient (Wildman–Crippen LogP) is 3.68. The first-order chi connectivity index (χ1) is 13.5. The standard InChI is InChI=1S/C22H25FN4O/c1-13-16-10-7-11-17(23)21(16)24-20(13)22(28)27(3)14(2)18-12-19(26-25-18)15-8-5-4-6-9-15/h4-11,14,18-19,24-26H,12H2,1-3H3. The summed E-state index contributed by atoms with van der Waals surface area (Å²) in [6.07, 6.45) is 0.878. The summed E-state index contributed by atoms with van der Waals surface area (Å²) in [6.45, 7) is 3.88. The van der Waals surface area contributed by atoms with E-state index in [1.54, 1.807) is 18.0 Å². The SMILES string of the molecule is Cc1c(C(=O)N(C)C(C)C2CC(c3ccccc3)NN2)[nH]c2c(F)cccc12. The van der Waals surface area contributed by atoms with E-state index in [2.05, 4.69) is 28.0 Å². The van der Waals surface area contributed by atoms with Gasteiger partial charge in [-0.1, -0.05) is 42.5 Å². The lowest BCUT2D eigenvalue weighted by Gasteiger charge is -2.29. The summed E-state index contributed by atoms with van der Waals surface area (Å²) in [5.41, 5.74) is 9.49. The monoisotopic (exact) mass is 380 g/mol. The number of aryl methyl sites for hydroxylation is 1. The molecule has 2 aromatic carbocycles. The number of amides is 1. The van der Waals surface area contributed by atoms with E-state index in [1.165, 1.54) is 11.6 Å². The number of nitrogens with one attached hydrogen (secondary N) is 3. The molecule has 2 heterocycles. The smallest absolute Gasteiger partial charge is 0.270 e. The third-order valence-corrected chi connectivity index (χ3v) is 5.90. The molecule has 1 aromatic heterocycles. The van der Waals surface area contributed by atoms with Crippen LogP contribution in [0.1, 0.15) is 41.0 Å². The predicted molar refractivity (Wildman–Crippen MR) is 108 cm³/mol. The molecule has 3 N–H and O–H groups in total. The van der Waals surface area contributed by atoms with Crippen molar-refractivity contribution in [3.05, 3.63) is 71.2 Å². The maximum absolute atomic E-state index is 14.1. The Bertz CT molecular complexity index is 1000. The van der Waals surface area contributed by atoms with Gasteiger partial charge in [0.1, 0.15) is 11.5 Å². The molecule has 1 amide bonds. The number of hydrogen-bond acceptors (Lipinski definition) is 3. The lowest BCUT2D eigenvalue weighted by molar-refractivity contribution is 0.0709. The van der Waals surface area contributed by atoms with Crippen molar-refractivity contribution in [2.24, 2.45) is 0 Å². The van der Waals surface area contributed by atoms with Crippen LogP contribution in [0.4, 0.5) is 4.39 Å². The molecule has 0 saturated carbocycles. The van der Waals surface area contributed by atoms with Crippen LogP contribution < -0.4 is 10.9 Å². The van der Waals surface area contributed by atoms with Gasteiger partial charge in [-0.15, -0.1) is 0 Å². The molecular formula is C22H25FN4O. The maximum Gasteiger partial charge on any atom is 0.270 e. The Hall–Kier alpha value is -2.70. The molecule has 0 aliphatic carbocycles. The molecule has 1 fully saturated rings. The third-order valence-electron chi connectivity index (χ3n) is 5.90. The van der Waals surface area contributed by atoms with Gasteiger partial charge in [0.15, 0.2) is 0 Å². The van der Waals surface area contributed by atoms with E-state index in [-0.39, 0.29) is 29.8 Å². The number of H-pyrrole nitrogens is 1. The Balaban J connectivity index is 1.51. The number of carbonyl (C=O) groups is 1. The molecule has 6 heteroatoms. The van der Waals surface area contributed by atoms with E-state index in [1.807, 2.05) is 38.1 Å². The molecule has 5 nitrogen and oxygen atoms in total. The van der Waals surface area contributed by atoms with E-state index in [0.29, 0.717) is 11.2 Å². The largest absolute Gasteiger partial charge is 0.348 e. The first-order valence-electron chi connectivity index (χ1n) is 9.57. The third kappa shape index (κ3) is 3.19. The van der Waals surface area contributed by atoms with Crippen molar-refractivity contribution in [2.45, 2.75) is 38.4 Å². The van der Waals surface area contributed by atoms with Crippen molar-refractivity contribution >= 4 is 16.8 Å². The van der Waals surface area contributed by atoms with Gasteiger partial charge in [0, 0.05) is 30.6 Å². The second-order valence-corrected chi connectivity index (χ2v) is 7.54. The Labute approximate surface area is 163 Å². The Morgan fingerprint density at radius 1 is 1.14 bits per heavy atom. The van der Waals surface area contributed by atoms with Gasteiger partial charge < -0.3 is 9.88 Å². The number of para-hydroxylation sites is 1. The molecule has 0 bridgehead atoms. The van der Waals surface area contributed by atoms with Crippen molar-refractivity contribution in [1.29, 1.82) is 0 Å². The molecular weight excluding hydrogens is 355 g/mol. The summed E-state index contributed by atoms with van der Waals surface area (Å²) < 4.78 is 14.1. The number of halogens is 1. The molecule has 1 aliphatic rings. The van der Waals surface area contributed by atoms with E-state index in [9.17, 15) is 9.18 Å². The Morgan fingerprint density at radius 2 is 1.89 bits per heavy atom. The minimum atomic E-state index is -0.345. The van der Waals surface area contributed by atoms with E-state index < -0.39 is 0 Å². The van der Waals surface area contributed by atoms with Crippen LogP contribution in [0, 0.1) is 12.7 Å². The Morgan fingerprint density at radius 3 is 2.61 bits per heavy atom. The number of aromatic nitrogens is 1. The summed E-state index contributed by atoms with van der Waals surface area (Å²) in [6, 6.07) is 15.4. The average molecular weight is 380 g/mol. The number of carbonyl (C=O) groups excluding carboxylic acids is 1. The lowest BCUT2D eigenvalue weighted by Crippen LogP contribution is -2.48. The zero-order chi connectivity index (χ0) is 19.8. The first kappa shape index (κ1) is 18.7.